The summed E-state index contributed by atoms with van der Waals surface area (Å²) in [6.45, 7) is 0.639. The van der Waals surface area contributed by atoms with Crippen LogP contribution < -0.4 is 11.1 Å². The lowest BCUT2D eigenvalue weighted by molar-refractivity contribution is 0.00899. The SMILES string of the molecule is N[C@@H]1CO[C@@H]2[C@H]1OC[C@@H]2OC(=O)Nc1cccc(F)c1. The van der Waals surface area contributed by atoms with Gasteiger partial charge in [-0.2, -0.15) is 0 Å². The third-order valence-electron chi connectivity index (χ3n) is 3.38. The number of fused-ring (bicyclic) bond motifs is 1. The van der Waals surface area contributed by atoms with Gasteiger partial charge in [0.05, 0.1) is 19.3 Å². The van der Waals surface area contributed by atoms with Gasteiger partial charge in [0.1, 0.15) is 18.0 Å². The summed E-state index contributed by atoms with van der Waals surface area (Å²) in [6.07, 6.45) is -1.73. The highest BCUT2D eigenvalue weighted by Gasteiger charge is 2.48. The molecule has 7 heteroatoms. The first-order valence-corrected chi connectivity index (χ1v) is 6.35. The number of carbonyl (C=O) groups is 1. The molecule has 0 unspecified atom stereocenters. The highest BCUT2D eigenvalue weighted by molar-refractivity contribution is 5.84. The van der Waals surface area contributed by atoms with Gasteiger partial charge in [-0.25, -0.2) is 9.18 Å². The number of carbonyl (C=O) groups excluding carboxylic acids is 1. The maximum absolute atomic E-state index is 13.0. The molecule has 1 aromatic rings. The van der Waals surface area contributed by atoms with Crippen LogP contribution in [-0.4, -0.2) is 43.7 Å². The minimum Gasteiger partial charge on any atom is -0.441 e. The third kappa shape index (κ3) is 2.60. The Morgan fingerprint density at radius 2 is 2.15 bits per heavy atom. The smallest absolute Gasteiger partial charge is 0.412 e. The van der Waals surface area contributed by atoms with Crippen LogP contribution in [-0.2, 0) is 14.2 Å². The molecule has 0 bridgehead atoms. The Hall–Kier alpha value is -1.70. The Balaban J connectivity index is 1.57. The fourth-order valence-electron chi connectivity index (χ4n) is 2.45. The molecule has 3 N–H and O–H groups in total. The van der Waals surface area contributed by atoms with E-state index in [9.17, 15) is 9.18 Å². The van der Waals surface area contributed by atoms with Crippen LogP contribution in [0.3, 0.4) is 0 Å². The fourth-order valence-corrected chi connectivity index (χ4v) is 2.45. The molecule has 0 spiro atoms. The Morgan fingerprint density at radius 1 is 1.35 bits per heavy atom. The number of anilines is 1. The zero-order valence-corrected chi connectivity index (χ0v) is 10.6. The van der Waals surface area contributed by atoms with Crippen LogP contribution in [0, 0.1) is 5.82 Å². The lowest BCUT2D eigenvalue weighted by Gasteiger charge is -2.17. The molecule has 0 aliphatic carbocycles. The number of hydrogen-bond acceptors (Lipinski definition) is 5. The summed E-state index contributed by atoms with van der Waals surface area (Å²) in [7, 11) is 0. The van der Waals surface area contributed by atoms with Gasteiger partial charge in [-0.05, 0) is 18.2 Å². The lowest BCUT2D eigenvalue weighted by Crippen LogP contribution is -2.38. The van der Waals surface area contributed by atoms with Crippen LogP contribution in [0.25, 0.3) is 0 Å². The molecule has 2 heterocycles. The number of rotatable bonds is 2. The van der Waals surface area contributed by atoms with Crippen molar-refractivity contribution in [2.75, 3.05) is 18.5 Å². The predicted octanol–water partition coefficient (Wildman–Crippen LogP) is 0.868. The van der Waals surface area contributed by atoms with E-state index in [0.29, 0.717) is 12.3 Å². The Bertz CT molecular complexity index is 513. The largest absolute Gasteiger partial charge is 0.441 e. The van der Waals surface area contributed by atoms with Crippen LogP contribution in [0.5, 0.6) is 0 Å². The minimum atomic E-state index is -0.672. The van der Waals surface area contributed by atoms with E-state index in [1.807, 2.05) is 0 Å². The van der Waals surface area contributed by atoms with Crippen molar-refractivity contribution in [3.8, 4) is 0 Å². The summed E-state index contributed by atoms with van der Waals surface area (Å²) >= 11 is 0. The van der Waals surface area contributed by atoms with Gasteiger partial charge in [0.2, 0.25) is 0 Å². The van der Waals surface area contributed by atoms with Crippen molar-refractivity contribution < 1.29 is 23.4 Å². The van der Waals surface area contributed by atoms with Crippen molar-refractivity contribution in [1.29, 1.82) is 0 Å². The van der Waals surface area contributed by atoms with E-state index < -0.39 is 18.0 Å². The minimum absolute atomic E-state index is 0.195. The van der Waals surface area contributed by atoms with Crippen LogP contribution >= 0.6 is 0 Å². The van der Waals surface area contributed by atoms with Crippen LogP contribution in [0.1, 0.15) is 0 Å². The van der Waals surface area contributed by atoms with Crippen molar-refractivity contribution in [1.82, 2.24) is 0 Å². The number of benzene rings is 1. The molecule has 0 aromatic heterocycles. The maximum atomic E-state index is 13.0. The number of hydrogen-bond donors (Lipinski definition) is 2. The Morgan fingerprint density at radius 3 is 2.95 bits per heavy atom. The summed E-state index contributed by atoms with van der Waals surface area (Å²) < 4.78 is 29.1. The zero-order valence-electron chi connectivity index (χ0n) is 10.6. The molecular formula is C13H15FN2O4. The summed E-state index contributed by atoms with van der Waals surface area (Å²) in [5, 5.41) is 2.46. The maximum Gasteiger partial charge on any atom is 0.412 e. The molecule has 2 aliphatic heterocycles. The van der Waals surface area contributed by atoms with Crippen LogP contribution in [0.4, 0.5) is 14.9 Å². The predicted molar refractivity (Wildman–Crippen MR) is 67.7 cm³/mol. The Labute approximate surface area is 115 Å². The summed E-state index contributed by atoms with van der Waals surface area (Å²) in [6, 6.07) is 5.37. The molecule has 2 fully saturated rings. The summed E-state index contributed by atoms with van der Waals surface area (Å²) in [5.74, 6) is -0.433. The van der Waals surface area contributed by atoms with Gasteiger partial charge in [-0.15, -0.1) is 0 Å². The normalized spacial score (nSPS) is 31.9. The highest BCUT2D eigenvalue weighted by Crippen LogP contribution is 2.28. The van der Waals surface area contributed by atoms with Crippen LogP contribution in [0.2, 0.25) is 0 Å². The molecular weight excluding hydrogens is 267 g/mol. The van der Waals surface area contributed by atoms with Crippen LogP contribution in [0.15, 0.2) is 24.3 Å². The monoisotopic (exact) mass is 282 g/mol. The van der Waals surface area contributed by atoms with Gasteiger partial charge in [0.15, 0.2) is 6.10 Å². The number of halogens is 1. The van der Waals surface area contributed by atoms with Gasteiger partial charge in [-0.3, -0.25) is 5.32 Å². The first-order chi connectivity index (χ1) is 9.63. The number of ether oxygens (including phenoxy) is 3. The molecule has 3 rings (SSSR count). The topological polar surface area (TPSA) is 82.8 Å². The molecule has 2 aliphatic rings. The second kappa shape index (κ2) is 5.35. The second-order valence-electron chi connectivity index (χ2n) is 4.84. The molecule has 4 atom stereocenters. The van der Waals surface area contributed by atoms with Crippen molar-refractivity contribution >= 4 is 11.8 Å². The van der Waals surface area contributed by atoms with E-state index in [1.165, 1.54) is 18.2 Å². The summed E-state index contributed by atoms with van der Waals surface area (Å²) in [4.78, 5) is 11.8. The van der Waals surface area contributed by atoms with Gasteiger partial charge in [0, 0.05) is 5.69 Å². The lowest BCUT2D eigenvalue weighted by atomic mass is 10.1. The first kappa shape index (κ1) is 13.3. The van der Waals surface area contributed by atoms with E-state index in [1.54, 1.807) is 6.07 Å². The number of nitrogens with two attached hydrogens (primary N) is 1. The van der Waals surface area contributed by atoms with Gasteiger partial charge in [-0.1, -0.05) is 6.07 Å². The van der Waals surface area contributed by atoms with E-state index in [4.69, 9.17) is 19.9 Å². The van der Waals surface area contributed by atoms with Crippen molar-refractivity contribution in [3.05, 3.63) is 30.1 Å². The van der Waals surface area contributed by atoms with E-state index in [2.05, 4.69) is 5.32 Å². The first-order valence-electron chi connectivity index (χ1n) is 6.35. The van der Waals surface area contributed by atoms with E-state index in [0.717, 1.165) is 0 Å². The fraction of sp³-hybridized carbons (Fsp3) is 0.462. The van der Waals surface area contributed by atoms with Crippen molar-refractivity contribution in [3.63, 3.8) is 0 Å². The zero-order chi connectivity index (χ0) is 14.1. The van der Waals surface area contributed by atoms with Crippen molar-refractivity contribution in [2.45, 2.75) is 24.4 Å². The average molecular weight is 282 g/mol. The molecule has 2 saturated heterocycles. The molecule has 20 heavy (non-hydrogen) atoms. The number of amides is 1. The van der Waals surface area contributed by atoms with E-state index >= 15 is 0 Å². The molecule has 0 radical (unpaired) electrons. The van der Waals surface area contributed by atoms with E-state index in [-0.39, 0.29) is 24.9 Å². The quantitative estimate of drug-likeness (QED) is 0.841. The second-order valence-corrected chi connectivity index (χ2v) is 4.84. The van der Waals surface area contributed by atoms with Gasteiger partial charge < -0.3 is 19.9 Å². The van der Waals surface area contributed by atoms with Gasteiger partial charge in [0.25, 0.3) is 0 Å². The highest BCUT2D eigenvalue weighted by atomic mass is 19.1. The molecule has 1 aromatic carbocycles. The number of nitrogens with one attached hydrogen (secondary N) is 1. The van der Waals surface area contributed by atoms with Gasteiger partial charge >= 0.3 is 6.09 Å². The molecule has 1 amide bonds. The average Bonchev–Trinajstić information content (AvgIpc) is 2.94. The molecule has 6 nitrogen and oxygen atoms in total. The molecule has 108 valence electrons. The third-order valence-corrected chi connectivity index (χ3v) is 3.38. The Kier molecular flexibility index (Phi) is 3.56. The molecule has 0 saturated carbocycles. The van der Waals surface area contributed by atoms with Crippen molar-refractivity contribution in [2.24, 2.45) is 5.73 Å². The summed E-state index contributed by atoms with van der Waals surface area (Å²) in [5.41, 5.74) is 6.13. The standard InChI is InChI=1S/C13H15FN2O4/c14-7-2-1-3-8(4-7)16-13(17)20-10-6-19-11-9(15)5-18-12(10)11/h1-4,9-12H,5-6,15H2,(H,16,17)/t9-,10+,11+,12+/m1/s1.